The van der Waals surface area contributed by atoms with Crippen molar-refractivity contribution in [3.05, 3.63) is 130 Å². The number of rotatable bonds is 5. The van der Waals surface area contributed by atoms with Gasteiger partial charge in [-0.1, -0.05) is 72.3 Å². The molecular weight excluding hydrogens is 473 g/mol. The van der Waals surface area contributed by atoms with Gasteiger partial charge in [0, 0.05) is 29.6 Å². The molecule has 38 heavy (non-hydrogen) atoms. The molecule has 0 amide bonds. The zero-order chi connectivity index (χ0) is 26.2. The maximum atomic E-state index is 13.8. The lowest BCUT2D eigenvalue weighted by molar-refractivity contribution is 0.0270. The highest BCUT2D eigenvalue weighted by atomic mass is 19.1. The van der Waals surface area contributed by atoms with E-state index >= 15 is 0 Å². The van der Waals surface area contributed by atoms with Crippen LogP contribution in [-0.2, 0) is 24.1 Å². The third-order valence-electron chi connectivity index (χ3n) is 7.71. The van der Waals surface area contributed by atoms with Crippen molar-refractivity contribution in [2.75, 3.05) is 0 Å². The molecule has 6 rings (SSSR count). The largest absolute Gasteiger partial charge is 0.458 e. The average Bonchev–Trinajstić information content (AvgIpc) is 3.24. The number of aromatic nitrogens is 1. The summed E-state index contributed by atoms with van der Waals surface area (Å²) in [6, 6.07) is 28.9. The van der Waals surface area contributed by atoms with E-state index in [1.807, 2.05) is 30.3 Å². The van der Waals surface area contributed by atoms with Crippen molar-refractivity contribution in [1.29, 1.82) is 0 Å². The Morgan fingerprint density at radius 3 is 2.53 bits per heavy atom. The summed E-state index contributed by atoms with van der Waals surface area (Å²) >= 11 is 0. The number of esters is 1. The zero-order valence-electron chi connectivity index (χ0n) is 21.7. The van der Waals surface area contributed by atoms with E-state index in [0.29, 0.717) is 12.0 Å². The minimum atomic E-state index is -0.273. The molecular formula is C34H30FNO2. The van der Waals surface area contributed by atoms with E-state index in [0.717, 1.165) is 36.0 Å². The highest BCUT2D eigenvalue weighted by molar-refractivity contribution is 5.98. The van der Waals surface area contributed by atoms with Gasteiger partial charge in [0.15, 0.2) is 0 Å². The van der Waals surface area contributed by atoms with E-state index in [2.05, 4.69) is 54.8 Å². The number of hydrogen-bond acceptors (Lipinski definition) is 2. The topological polar surface area (TPSA) is 31.2 Å². The number of nitrogens with zero attached hydrogens (tertiary/aromatic N) is 1. The van der Waals surface area contributed by atoms with E-state index < -0.39 is 0 Å². The van der Waals surface area contributed by atoms with Crippen molar-refractivity contribution in [3.8, 4) is 11.1 Å². The first-order valence-corrected chi connectivity index (χ1v) is 13.2. The Morgan fingerprint density at radius 1 is 0.947 bits per heavy atom. The molecule has 4 aromatic carbocycles. The first kappa shape index (κ1) is 24.2. The third kappa shape index (κ3) is 4.51. The van der Waals surface area contributed by atoms with Gasteiger partial charge in [-0.05, 0) is 73.2 Å². The zero-order valence-corrected chi connectivity index (χ0v) is 21.7. The first-order chi connectivity index (χ1) is 18.5. The van der Waals surface area contributed by atoms with Crippen molar-refractivity contribution in [3.63, 3.8) is 0 Å². The number of carbonyl (C=O) groups excluding carboxylic acids is 1. The van der Waals surface area contributed by atoms with Gasteiger partial charge in [-0.3, -0.25) is 0 Å². The first-order valence-electron chi connectivity index (χ1n) is 13.2. The summed E-state index contributed by atoms with van der Waals surface area (Å²) in [6.45, 7) is 5.04. The van der Waals surface area contributed by atoms with Crippen LogP contribution in [0.25, 0.3) is 22.0 Å². The summed E-state index contributed by atoms with van der Waals surface area (Å²) in [6.07, 6.45) is 2.10. The Bertz CT molecular complexity index is 1630. The molecule has 190 valence electrons. The van der Waals surface area contributed by atoms with Gasteiger partial charge >= 0.3 is 5.97 Å². The van der Waals surface area contributed by atoms with Crippen LogP contribution in [0.3, 0.4) is 0 Å². The lowest BCUT2D eigenvalue weighted by atomic mass is 9.92. The van der Waals surface area contributed by atoms with Crippen molar-refractivity contribution < 1.29 is 13.9 Å². The molecule has 1 atom stereocenters. The van der Waals surface area contributed by atoms with E-state index in [1.54, 1.807) is 12.1 Å². The number of aryl methyl sites for hydroxylation is 2. The van der Waals surface area contributed by atoms with Crippen LogP contribution in [0.2, 0.25) is 0 Å². The molecule has 0 N–H and O–H groups in total. The lowest BCUT2D eigenvalue weighted by Crippen LogP contribution is -2.26. The van der Waals surface area contributed by atoms with Gasteiger partial charge < -0.3 is 9.30 Å². The van der Waals surface area contributed by atoms with Crippen molar-refractivity contribution >= 4 is 16.9 Å². The number of para-hydroxylation sites is 1. The van der Waals surface area contributed by atoms with Gasteiger partial charge in [0.2, 0.25) is 0 Å². The molecule has 1 heterocycles. The summed E-state index contributed by atoms with van der Waals surface area (Å²) in [7, 11) is 0. The van der Waals surface area contributed by atoms with Crippen LogP contribution in [0.5, 0.6) is 0 Å². The summed E-state index contributed by atoms with van der Waals surface area (Å²) in [5.41, 5.74) is 10.1. The summed E-state index contributed by atoms with van der Waals surface area (Å²) in [5.74, 6) is -0.515. The number of ether oxygens (including phenoxy) is 1. The summed E-state index contributed by atoms with van der Waals surface area (Å²) < 4.78 is 22.2. The average molecular weight is 504 g/mol. The maximum absolute atomic E-state index is 13.8. The molecule has 0 saturated heterocycles. The van der Waals surface area contributed by atoms with Crippen molar-refractivity contribution in [2.45, 2.75) is 45.8 Å². The van der Waals surface area contributed by atoms with Crippen LogP contribution in [0, 0.1) is 19.7 Å². The van der Waals surface area contributed by atoms with Gasteiger partial charge in [-0.25, -0.2) is 9.18 Å². The predicted octanol–water partition coefficient (Wildman–Crippen LogP) is 7.83. The second-order valence-corrected chi connectivity index (χ2v) is 10.3. The number of carbonyl (C=O) groups is 1. The highest BCUT2D eigenvalue weighted by Crippen LogP contribution is 2.39. The molecule has 0 aliphatic heterocycles. The van der Waals surface area contributed by atoms with Crippen LogP contribution in [0.15, 0.2) is 91.0 Å². The van der Waals surface area contributed by atoms with Crippen LogP contribution >= 0.6 is 0 Å². The summed E-state index contributed by atoms with van der Waals surface area (Å²) in [5, 5.41) is 1.17. The fourth-order valence-corrected chi connectivity index (χ4v) is 5.74. The molecule has 0 saturated carbocycles. The standard InChI is InChI=1S/C34H30FNO2/c1-22-11-12-23(2)26(19-22)21-36-32-18-17-28(38-34(37)25-7-4-3-5-8-25)20-31(32)30-10-6-9-29(33(30)36)24-13-15-27(35)16-14-24/h3-16,19,28H,17-18,20-21H2,1-2H3. The van der Waals surface area contributed by atoms with Gasteiger partial charge in [0.1, 0.15) is 11.9 Å². The molecule has 3 nitrogen and oxygen atoms in total. The molecule has 0 bridgehead atoms. The van der Waals surface area contributed by atoms with Crippen molar-refractivity contribution in [2.24, 2.45) is 0 Å². The number of halogens is 1. The number of benzene rings is 4. The molecule has 0 radical (unpaired) electrons. The van der Waals surface area contributed by atoms with E-state index in [4.69, 9.17) is 4.74 Å². The molecule has 5 aromatic rings. The third-order valence-corrected chi connectivity index (χ3v) is 7.71. The molecule has 1 aromatic heterocycles. The lowest BCUT2D eigenvalue weighted by Gasteiger charge is -2.24. The van der Waals surface area contributed by atoms with Crippen molar-refractivity contribution in [1.82, 2.24) is 4.57 Å². The molecule has 0 spiro atoms. The SMILES string of the molecule is Cc1ccc(C)c(Cn2c3c(c4cccc(-c5ccc(F)cc5)c42)CC(OC(=O)c2ccccc2)CC3)c1. The highest BCUT2D eigenvalue weighted by Gasteiger charge is 2.29. The molecule has 4 heteroatoms. The molecule has 1 unspecified atom stereocenters. The summed E-state index contributed by atoms with van der Waals surface area (Å²) in [4.78, 5) is 12.8. The fourth-order valence-electron chi connectivity index (χ4n) is 5.74. The van der Waals surface area contributed by atoms with E-state index in [-0.39, 0.29) is 17.9 Å². The predicted molar refractivity (Wildman–Crippen MR) is 150 cm³/mol. The fraction of sp³-hybridized carbons (Fsp3) is 0.206. The number of fused-ring (bicyclic) bond motifs is 3. The van der Waals surface area contributed by atoms with E-state index in [1.165, 1.54) is 45.5 Å². The van der Waals surface area contributed by atoms with Gasteiger partial charge in [-0.2, -0.15) is 0 Å². The second kappa shape index (κ2) is 9.94. The minimum absolute atomic E-state index is 0.176. The van der Waals surface area contributed by atoms with Gasteiger partial charge in [0.05, 0.1) is 11.1 Å². The smallest absolute Gasteiger partial charge is 0.338 e. The van der Waals surface area contributed by atoms with Gasteiger partial charge in [0.25, 0.3) is 0 Å². The van der Waals surface area contributed by atoms with Gasteiger partial charge in [-0.15, -0.1) is 0 Å². The molecule has 0 fully saturated rings. The van der Waals surface area contributed by atoms with Crippen LogP contribution in [0.4, 0.5) is 4.39 Å². The van der Waals surface area contributed by atoms with E-state index in [9.17, 15) is 9.18 Å². The van der Waals surface area contributed by atoms with Crippen LogP contribution < -0.4 is 0 Å². The monoisotopic (exact) mass is 503 g/mol. The quantitative estimate of drug-likeness (QED) is 0.229. The minimum Gasteiger partial charge on any atom is -0.458 e. The normalized spacial score (nSPS) is 14.9. The van der Waals surface area contributed by atoms with Crippen LogP contribution in [-0.4, -0.2) is 16.6 Å². The van der Waals surface area contributed by atoms with Crippen LogP contribution in [0.1, 0.15) is 44.7 Å². The Balaban J connectivity index is 1.45. The Morgan fingerprint density at radius 2 is 1.74 bits per heavy atom. The second-order valence-electron chi connectivity index (χ2n) is 10.3. The Kier molecular flexibility index (Phi) is 6.32. The number of hydrogen-bond donors (Lipinski definition) is 0. The maximum Gasteiger partial charge on any atom is 0.338 e. The Hall–Kier alpha value is -4.18. The molecule has 1 aliphatic carbocycles. The molecule has 1 aliphatic rings. The Labute approximate surface area is 222 Å².